The molecule has 7 rings (SSSR count). The van der Waals surface area contributed by atoms with Crippen molar-refractivity contribution in [1.82, 2.24) is 29.7 Å². The molecule has 3 aromatic heterocycles. The Kier molecular flexibility index (Phi) is 8.28. The second-order valence-corrected chi connectivity index (χ2v) is 11.4. The molecule has 11 nitrogen and oxygen atoms in total. The van der Waals surface area contributed by atoms with Crippen LogP contribution in [0.2, 0.25) is 0 Å². The molecule has 0 amide bonds. The van der Waals surface area contributed by atoms with Crippen LogP contribution in [-0.4, -0.2) is 49.0 Å². The van der Waals surface area contributed by atoms with E-state index in [1.54, 1.807) is 20.4 Å². The molecule has 0 bridgehead atoms. The van der Waals surface area contributed by atoms with Crippen LogP contribution in [0.4, 0.5) is 5.82 Å². The minimum absolute atomic E-state index is 0.145. The Hall–Kier alpha value is -5.68. The van der Waals surface area contributed by atoms with E-state index in [9.17, 15) is 9.90 Å². The quantitative estimate of drug-likeness (QED) is 0.193. The van der Waals surface area contributed by atoms with Crippen LogP contribution in [0, 0.1) is 0 Å². The Labute approximate surface area is 270 Å². The summed E-state index contributed by atoms with van der Waals surface area (Å²) in [5.74, 6) is 2.49. The van der Waals surface area contributed by atoms with Crippen LogP contribution in [0.25, 0.3) is 33.4 Å². The second-order valence-electron chi connectivity index (χ2n) is 11.4. The number of nitrogens with one attached hydrogen (secondary N) is 1. The Balaban J connectivity index is 1.16. The lowest BCUT2D eigenvalue weighted by Crippen LogP contribution is -2.24. The molecular weight excluding hydrogens is 594 g/mol. The number of rotatable bonds is 11. The standard InChI is InChI=1S/C36H33N7O4/c1-46-27-15-9-23(10-16-27)19-43-36(45)29-6-4-3-5-28(29)31(42-43)24-11-7-22(8-12-24)17-37-33-26(20-44)18-38-34(41-33)30-32(25-13-14-25)39-21-40-35(30)47-2/h3-12,15-16,18,21,25,44H,13-14,17,19-20H2,1-2H3,(H,37,38,41). The number of aliphatic hydroxyl groups excluding tert-OH is 1. The van der Waals surface area contributed by atoms with Gasteiger partial charge in [-0.3, -0.25) is 4.79 Å². The lowest BCUT2D eigenvalue weighted by molar-refractivity contribution is 0.281. The van der Waals surface area contributed by atoms with Crippen LogP contribution in [0.5, 0.6) is 11.6 Å². The van der Waals surface area contributed by atoms with Crippen molar-refractivity contribution in [3.63, 3.8) is 0 Å². The first-order chi connectivity index (χ1) is 23.1. The van der Waals surface area contributed by atoms with Gasteiger partial charge in [0.25, 0.3) is 5.56 Å². The molecule has 0 saturated heterocycles. The highest BCUT2D eigenvalue weighted by Crippen LogP contribution is 2.45. The maximum absolute atomic E-state index is 13.4. The molecule has 236 valence electrons. The van der Waals surface area contributed by atoms with E-state index in [-0.39, 0.29) is 12.2 Å². The molecule has 2 N–H and O–H groups in total. The highest BCUT2D eigenvalue weighted by molar-refractivity contribution is 5.93. The zero-order valence-corrected chi connectivity index (χ0v) is 26.1. The van der Waals surface area contributed by atoms with Crippen LogP contribution >= 0.6 is 0 Å². The highest BCUT2D eigenvalue weighted by Gasteiger charge is 2.31. The summed E-state index contributed by atoms with van der Waals surface area (Å²) in [5.41, 5.74) is 5.54. The first-order valence-corrected chi connectivity index (χ1v) is 15.4. The summed E-state index contributed by atoms with van der Waals surface area (Å²) in [7, 11) is 3.20. The van der Waals surface area contributed by atoms with Gasteiger partial charge in [-0.15, -0.1) is 0 Å². The van der Waals surface area contributed by atoms with E-state index in [2.05, 4.69) is 20.3 Å². The first kappa shape index (κ1) is 30.0. The van der Waals surface area contributed by atoms with Crippen molar-refractivity contribution in [2.24, 2.45) is 0 Å². The number of anilines is 1. The summed E-state index contributed by atoms with van der Waals surface area (Å²) in [6.07, 6.45) is 5.24. The molecule has 6 aromatic rings. The van der Waals surface area contributed by atoms with Crippen LogP contribution in [0.3, 0.4) is 0 Å². The van der Waals surface area contributed by atoms with E-state index in [1.165, 1.54) is 11.0 Å². The van der Waals surface area contributed by atoms with E-state index in [0.29, 0.717) is 53.0 Å². The molecule has 3 heterocycles. The van der Waals surface area contributed by atoms with E-state index >= 15 is 0 Å². The zero-order chi connectivity index (χ0) is 32.3. The number of benzene rings is 3. The average molecular weight is 628 g/mol. The predicted octanol–water partition coefficient (Wildman–Crippen LogP) is 5.36. The number of nitrogens with zero attached hydrogens (tertiary/aromatic N) is 6. The Bertz CT molecular complexity index is 2110. The van der Waals surface area contributed by atoms with Crippen LogP contribution in [0.15, 0.2) is 90.1 Å². The van der Waals surface area contributed by atoms with Gasteiger partial charge in [0, 0.05) is 35.2 Å². The fourth-order valence-corrected chi connectivity index (χ4v) is 5.64. The minimum atomic E-state index is -0.218. The fourth-order valence-electron chi connectivity index (χ4n) is 5.64. The molecule has 0 atom stereocenters. The number of hydrogen-bond donors (Lipinski definition) is 2. The van der Waals surface area contributed by atoms with E-state index in [1.807, 2.05) is 72.8 Å². The SMILES string of the molecule is COc1ccc(Cn2nc(-c3ccc(CNc4nc(-c5c(OC)ncnc5C5CC5)ncc4CO)cc3)c3ccccc3c2=O)cc1. The molecule has 1 fully saturated rings. The van der Waals surface area contributed by atoms with Crippen LogP contribution in [-0.2, 0) is 19.7 Å². The van der Waals surface area contributed by atoms with Crippen molar-refractivity contribution >= 4 is 16.6 Å². The molecule has 1 aliphatic carbocycles. The molecule has 0 radical (unpaired) electrons. The largest absolute Gasteiger partial charge is 0.497 e. The first-order valence-electron chi connectivity index (χ1n) is 15.4. The number of aromatic nitrogens is 6. The van der Waals surface area contributed by atoms with E-state index in [0.717, 1.165) is 52.1 Å². The van der Waals surface area contributed by atoms with Gasteiger partial charge in [-0.05, 0) is 42.2 Å². The number of aliphatic hydroxyl groups is 1. The number of fused-ring (bicyclic) bond motifs is 1. The van der Waals surface area contributed by atoms with Crippen molar-refractivity contribution in [3.05, 3.63) is 118 Å². The maximum atomic E-state index is 13.4. The summed E-state index contributed by atoms with van der Waals surface area (Å²) >= 11 is 0. The van der Waals surface area contributed by atoms with Crippen molar-refractivity contribution in [2.75, 3.05) is 19.5 Å². The van der Waals surface area contributed by atoms with Crippen molar-refractivity contribution < 1.29 is 14.6 Å². The highest BCUT2D eigenvalue weighted by atomic mass is 16.5. The Morgan fingerprint density at radius 1 is 0.894 bits per heavy atom. The van der Waals surface area contributed by atoms with Gasteiger partial charge in [0.2, 0.25) is 5.88 Å². The van der Waals surface area contributed by atoms with Crippen molar-refractivity contribution in [1.29, 1.82) is 0 Å². The lowest BCUT2D eigenvalue weighted by Gasteiger charge is -2.14. The molecule has 0 unspecified atom stereocenters. The summed E-state index contributed by atoms with van der Waals surface area (Å²) in [6.45, 7) is 0.567. The molecule has 0 aliphatic heterocycles. The average Bonchev–Trinajstić information content (AvgIpc) is 3.98. The van der Waals surface area contributed by atoms with Gasteiger partial charge in [0.15, 0.2) is 5.82 Å². The van der Waals surface area contributed by atoms with Gasteiger partial charge < -0.3 is 19.9 Å². The van der Waals surface area contributed by atoms with E-state index < -0.39 is 0 Å². The summed E-state index contributed by atoms with van der Waals surface area (Å²) in [4.78, 5) is 31.5. The minimum Gasteiger partial charge on any atom is -0.497 e. The predicted molar refractivity (Wildman–Crippen MR) is 178 cm³/mol. The maximum Gasteiger partial charge on any atom is 0.274 e. The fraction of sp³-hybridized carbons (Fsp3) is 0.222. The number of methoxy groups -OCH3 is 2. The summed E-state index contributed by atoms with van der Waals surface area (Å²) in [6, 6.07) is 23.2. The summed E-state index contributed by atoms with van der Waals surface area (Å²) in [5, 5.41) is 19.6. The van der Waals surface area contributed by atoms with Gasteiger partial charge in [0.05, 0.1) is 44.1 Å². The summed E-state index contributed by atoms with van der Waals surface area (Å²) < 4.78 is 12.3. The smallest absolute Gasteiger partial charge is 0.274 e. The third-order valence-corrected chi connectivity index (χ3v) is 8.30. The second kappa shape index (κ2) is 13.0. The van der Waals surface area contributed by atoms with Gasteiger partial charge in [-0.2, -0.15) is 5.10 Å². The Morgan fingerprint density at radius 2 is 1.64 bits per heavy atom. The third-order valence-electron chi connectivity index (χ3n) is 8.30. The van der Waals surface area contributed by atoms with Crippen molar-refractivity contribution in [2.45, 2.75) is 38.5 Å². The third kappa shape index (κ3) is 6.12. The number of ether oxygens (including phenoxy) is 2. The van der Waals surface area contributed by atoms with Crippen LogP contribution in [0.1, 0.15) is 41.1 Å². The van der Waals surface area contributed by atoms with E-state index in [4.69, 9.17) is 19.6 Å². The molecule has 1 aliphatic rings. The van der Waals surface area contributed by atoms with Gasteiger partial charge in [-0.25, -0.2) is 24.6 Å². The Morgan fingerprint density at radius 3 is 2.34 bits per heavy atom. The van der Waals surface area contributed by atoms with Gasteiger partial charge in [-0.1, -0.05) is 54.6 Å². The van der Waals surface area contributed by atoms with Crippen molar-refractivity contribution in [3.8, 4) is 34.3 Å². The lowest BCUT2D eigenvalue weighted by atomic mass is 10.0. The van der Waals surface area contributed by atoms with Gasteiger partial charge in [0.1, 0.15) is 23.5 Å². The topological polar surface area (TPSA) is 137 Å². The number of hydrogen-bond acceptors (Lipinski definition) is 10. The zero-order valence-electron chi connectivity index (χ0n) is 26.1. The van der Waals surface area contributed by atoms with Gasteiger partial charge >= 0.3 is 0 Å². The molecule has 0 spiro atoms. The molecular formula is C36H33N7O4. The molecule has 3 aromatic carbocycles. The molecule has 11 heteroatoms. The van der Waals surface area contributed by atoms with Crippen LogP contribution < -0.4 is 20.3 Å². The molecule has 47 heavy (non-hydrogen) atoms. The molecule has 1 saturated carbocycles. The monoisotopic (exact) mass is 627 g/mol. The normalized spacial score (nSPS) is 12.7.